The van der Waals surface area contributed by atoms with E-state index in [4.69, 9.17) is 9.47 Å². The van der Waals surface area contributed by atoms with Gasteiger partial charge in [-0.2, -0.15) is 0 Å². The zero-order valence-corrected chi connectivity index (χ0v) is 15.7. The van der Waals surface area contributed by atoms with Crippen LogP contribution in [0.15, 0.2) is 13.2 Å². The molecule has 0 saturated heterocycles. The number of carbonyl (C=O) groups is 1. The van der Waals surface area contributed by atoms with Crippen molar-refractivity contribution >= 4 is 33.7 Å². The highest BCUT2D eigenvalue weighted by atomic mass is 32.9. The Morgan fingerprint density at radius 3 is 2.29 bits per heavy atom. The minimum atomic E-state index is -0.281. The zero-order valence-electron chi connectivity index (χ0n) is 12.8. The Morgan fingerprint density at radius 1 is 1.38 bits per heavy atom. The van der Waals surface area contributed by atoms with Crippen LogP contribution in [0.3, 0.4) is 0 Å². The monoisotopic (exact) mass is 358 g/mol. The minimum Gasteiger partial charge on any atom is -0.356 e. The predicted octanol–water partition coefficient (Wildman–Crippen LogP) is 2.64. The van der Waals surface area contributed by atoms with Crippen LogP contribution in [0.5, 0.6) is 0 Å². The number of hydrogen-bond acceptors (Lipinski definition) is 5. The maximum Gasteiger partial charge on any atom is 0.238 e. The lowest BCUT2D eigenvalue weighted by Crippen LogP contribution is -2.48. The molecule has 0 saturated carbocycles. The maximum atomic E-state index is 12.0. The molecule has 0 heterocycles. The molecule has 8 heteroatoms. The molecule has 5 nitrogen and oxygen atoms in total. The van der Waals surface area contributed by atoms with Crippen molar-refractivity contribution in [1.82, 2.24) is 10.6 Å². The van der Waals surface area contributed by atoms with Gasteiger partial charge < -0.3 is 20.1 Å². The van der Waals surface area contributed by atoms with E-state index < -0.39 is 0 Å². The number of ether oxygens (including phenoxy) is 2. The average Bonchev–Trinajstić information content (AvgIpc) is 2.47. The Bertz CT molecular complexity index is 247. The minimum absolute atomic E-state index is 0. The maximum absolute atomic E-state index is 12.0. The van der Waals surface area contributed by atoms with Crippen LogP contribution in [0.25, 0.3) is 0 Å². The molecule has 0 spiro atoms. The second-order valence-electron chi connectivity index (χ2n) is 3.82. The summed E-state index contributed by atoms with van der Waals surface area (Å²) in [4.78, 5) is 12.0. The first-order valence-electron chi connectivity index (χ1n) is 6.19. The van der Waals surface area contributed by atoms with Crippen molar-refractivity contribution in [3.63, 3.8) is 0 Å². The average molecular weight is 358 g/mol. The van der Waals surface area contributed by atoms with Gasteiger partial charge in [0.15, 0.2) is 6.29 Å². The molecule has 0 aliphatic rings. The SMILES string of the molecule is C.C=C.CNC(CSPP)C(=O)NC(C)CC(OC)OC. The molecule has 0 aromatic carbocycles. The molecular formula is C13H32N2O3P2S. The van der Waals surface area contributed by atoms with Gasteiger partial charge in [0.05, 0.1) is 6.04 Å². The molecule has 21 heavy (non-hydrogen) atoms. The number of methoxy groups -OCH3 is 2. The van der Waals surface area contributed by atoms with Gasteiger partial charge in [-0.1, -0.05) is 7.43 Å². The summed E-state index contributed by atoms with van der Waals surface area (Å²) in [6.45, 7) is 7.94. The van der Waals surface area contributed by atoms with Crippen LogP contribution in [0, 0.1) is 0 Å². The summed E-state index contributed by atoms with van der Waals surface area (Å²) in [5, 5.41) is 5.98. The Balaban J connectivity index is -0.00000103. The van der Waals surface area contributed by atoms with Crippen LogP contribution < -0.4 is 10.6 Å². The van der Waals surface area contributed by atoms with Crippen molar-refractivity contribution in [2.24, 2.45) is 0 Å². The third-order valence-corrected chi connectivity index (χ3v) is 5.63. The van der Waals surface area contributed by atoms with E-state index >= 15 is 0 Å². The van der Waals surface area contributed by atoms with E-state index in [1.807, 2.05) is 6.92 Å². The Morgan fingerprint density at radius 2 is 1.90 bits per heavy atom. The van der Waals surface area contributed by atoms with Gasteiger partial charge >= 0.3 is 0 Å². The van der Waals surface area contributed by atoms with Crippen LogP contribution in [-0.2, 0) is 14.3 Å². The number of amides is 1. The van der Waals surface area contributed by atoms with E-state index in [0.29, 0.717) is 13.9 Å². The summed E-state index contributed by atoms with van der Waals surface area (Å²) in [6, 6.07) is -0.143. The summed E-state index contributed by atoms with van der Waals surface area (Å²) >= 11 is 1.74. The molecule has 0 rings (SSSR count). The molecule has 0 aromatic heterocycles. The van der Waals surface area contributed by atoms with E-state index in [1.54, 1.807) is 32.6 Å². The fourth-order valence-corrected chi connectivity index (χ4v) is 3.64. The van der Waals surface area contributed by atoms with Crippen LogP contribution in [0.4, 0.5) is 0 Å². The van der Waals surface area contributed by atoms with Gasteiger partial charge in [-0.25, -0.2) is 0 Å². The highest BCUT2D eigenvalue weighted by molar-refractivity contribution is 8.64. The van der Waals surface area contributed by atoms with Gasteiger partial charge in [-0.15, -0.1) is 33.5 Å². The fourth-order valence-electron chi connectivity index (χ4n) is 1.40. The van der Waals surface area contributed by atoms with Gasteiger partial charge in [0, 0.05) is 32.4 Å². The molecule has 1 amide bonds. The molecule has 4 unspecified atom stereocenters. The molecule has 0 aliphatic heterocycles. The molecule has 0 bridgehead atoms. The summed E-state index contributed by atoms with van der Waals surface area (Å²) in [5.41, 5.74) is 0. The van der Waals surface area contributed by atoms with Crippen molar-refractivity contribution in [2.75, 3.05) is 27.0 Å². The zero-order chi connectivity index (χ0) is 16.0. The van der Waals surface area contributed by atoms with Crippen molar-refractivity contribution in [2.45, 2.75) is 39.1 Å². The van der Waals surface area contributed by atoms with E-state index in [0.717, 1.165) is 5.75 Å². The van der Waals surface area contributed by atoms with Gasteiger partial charge in [0.25, 0.3) is 0 Å². The van der Waals surface area contributed by atoms with E-state index in [2.05, 4.69) is 32.7 Å². The fraction of sp³-hybridized carbons (Fsp3) is 0.769. The summed E-state index contributed by atoms with van der Waals surface area (Å²) in [7, 11) is 8.36. The Hall–Kier alpha value is 0.300. The molecule has 0 fully saturated rings. The summed E-state index contributed by atoms with van der Waals surface area (Å²) < 4.78 is 10.2. The standard InChI is InChI=1S/C10H24N2O3P2S.C2H4.CH4/c1-7(5-9(14-3)15-4)12-10(13)8(11-2)6-18-17-16;1-2;/h7-9,11,17H,5-6,16H2,1-4H3,(H,12,13);1-2H2;1H4. The smallest absolute Gasteiger partial charge is 0.238 e. The lowest BCUT2D eigenvalue weighted by Gasteiger charge is -2.22. The van der Waals surface area contributed by atoms with E-state index in [9.17, 15) is 4.79 Å². The summed E-state index contributed by atoms with van der Waals surface area (Å²) in [6.07, 6.45) is 0.351. The first-order valence-corrected chi connectivity index (χ1v) is 10.7. The van der Waals surface area contributed by atoms with Gasteiger partial charge in [0.2, 0.25) is 5.91 Å². The number of hydrogen-bond donors (Lipinski definition) is 2. The van der Waals surface area contributed by atoms with Crippen molar-refractivity contribution in [3.8, 4) is 0 Å². The molecule has 128 valence electrons. The Kier molecular flexibility index (Phi) is 22.9. The van der Waals surface area contributed by atoms with E-state index in [1.165, 1.54) is 0 Å². The quantitative estimate of drug-likeness (QED) is 0.357. The van der Waals surface area contributed by atoms with Crippen LogP contribution in [0.1, 0.15) is 20.8 Å². The third kappa shape index (κ3) is 13.7. The molecule has 4 atom stereocenters. The number of likely N-dealkylation sites (N-methyl/N-ethyl adjacent to an activating group) is 1. The topological polar surface area (TPSA) is 59.6 Å². The lowest BCUT2D eigenvalue weighted by atomic mass is 10.2. The van der Waals surface area contributed by atoms with Gasteiger partial charge in [0.1, 0.15) is 0 Å². The lowest BCUT2D eigenvalue weighted by molar-refractivity contribution is -0.126. The number of rotatable bonds is 10. The number of carbonyl (C=O) groups excluding carboxylic acids is 1. The third-order valence-electron chi connectivity index (χ3n) is 2.46. The summed E-state index contributed by atoms with van der Waals surface area (Å²) in [5.74, 6) is 0.793. The molecule has 0 aromatic rings. The normalized spacial score (nSPS) is 13.2. The molecular weight excluding hydrogens is 326 g/mol. The van der Waals surface area contributed by atoms with Gasteiger partial charge in [-0.3, -0.25) is 4.79 Å². The van der Waals surface area contributed by atoms with Crippen LogP contribution in [0.2, 0.25) is 0 Å². The van der Waals surface area contributed by atoms with Crippen LogP contribution in [-0.4, -0.2) is 51.3 Å². The molecule has 0 aliphatic carbocycles. The Labute approximate surface area is 138 Å². The molecule has 2 N–H and O–H groups in total. The van der Waals surface area contributed by atoms with Crippen molar-refractivity contribution < 1.29 is 14.3 Å². The van der Waals surface area contributed by atoms with E-state index in [-0.39, 0.29) is 31.7 Å². The van der Waals surface area contributed by atoms with Crippen LogP contribution >= 0.6 is 27.8 Å². The highest BCUT2D eigenvalue weighted by Gasteiger charge is 2.19. The van der Waals surface area contributed by atoms with Gasteiger partial charge in [-0.05, 0) is 21.4 Å². The van der Waals surface area contributed by atoms with Crippen molar-refractivity contribution in [3.05, 3.63) is 13.2 Å². The second-order valence-corrected chi connectivity index (χ2v) is 8.37. The largest absolute Gasteiger partial charge is 0.356 e. The first kappa shape index (κ1) is 26.2. The van der Waals surface area contributed by atoms with Crippen molar-refractivity contribution in [1.29, 1.82) is 0 Å². The number of nitrogens with one attached hydrogen (secondary N) is 2. The second kappa shape index (κ2) is 18.3. The predicted molar refractivity (Wildman–Crippen MR) is 101 cm³/mol. The highest BCUT2D eigenvalue weighted by Crippen LogP contribution is 2.36. The first-order chi connectivity index (χ1) is 9.58. The molecule has 0 radical (unpaired) electrons.